The van der Waals surface area contributed by atoms with Crippen molar-refractivity contribution in [2.45, 2.75) is 46.1 Å². The first-order valence-electron chi connectivity index (χ1n) is 10.1. The van der Waals surface area contributed by atoms with E-state index in [1.165, 1.54) is 16.2 Å². The van der Waals surface area contributed by atoms with E-state index in [-0.39, 0.29) is 35.5 Å². The maximum absolute atomic E-state index is 13.2. The molecule has 0 spiro atoms. The highest BCUT2D eigenvalue weighted by Gasteiger charge is 2.51. The minimum absolute atomic E-state index is 0.157. The molecule has 1 aliphatic heterocycles. The third-order valence-corrected chi connectivity index (χ3v) is 6.64. The monoisotopic (exact) mass is 411 g/mol. The van der Waals surface area contributed by atoms with Crippen molar-refractivity contribution in [2.24, 2.45) is 17.8 Å². The van der Waals surface area contributed by atoms with Gasteiger partial charge in [-0.2, -0.15) is 0 Å². The molecule has 1 fully saturated rings. The molecule has 1 N–H and O–H groups in total. The molecule has 2 aromatic rings. The minimum Gasteiger partial charge on any atom is -0.300 e. The van der Waals surface area contributed by atoms with Gasteiger partial charge in [-0.3, -0.25) is 19.3 Å². The van der Waals surface area contributed by atoms with E-state index in [9.17, 15) is 14.4 Å². The molecule has 0 saturated carbocycles. The number of imide groups is 1. The summed E-state index contributed by atoms with van der Waals surface area (Å²) in [5, 5.41) is 3.36. The fourth-order valence-corrected chi connectivity index (χ4v) is 5.18. The predicted molar refractivity (Wildman–Crippen MR) is 113 cm³/mol. The largest absolute Gasteiger partial charge is 0.300 e. The van der Waals surface area contributed by atoms with Gasteiger partial charge < -0.3 is 5.32 Å². The first-order valence-corrected chi connectivity index (χ1v) is 10.9. The summed E-state index contributed by atoms with van der Waals surface area (Å²) in [4.78, 5) is 44.9. The molecule has 2 heterocycles. The van der Waals surface area contributed by atoms with Gasteiger partial charge in [-0.05, 0) is 43.7 Å². The number of allylic oxidation sites excluding steroid dienone is 2. The highest BCUT2D eigenvalue weighted by molar-refractivity contribution is 7.22. The van der Waals surface area contributed by atoms with E-state index in [0.29, 0.717) is 24.4 Å². The number of benzene rings is 1. The van der Waals surface area contributed by atoms with Crippen molar-refractivity contribution in [3.63, 3.8) is 0 Å². The molecule has 3 amide bonds. The van der Waals surface area contributed by atoms with Gasteiger partial charge >= 0.3 is 0 Å². The Labute approximate surface area is 174 Å². The maximum Gasteiger partial charge on any atom is 0.249 e. The number of para-hydroxylation sites is 1. The van der Waals surface area contributed by atoms with Gasteiger partial charge in [0.25, 0.3) is 0 Å². The second kappa shape index (κ2) is 7.71. The highest BCUT2D eigenvalue weighted by Crippen LogP contribution is 2.37. The lowest BCUT2D eigenvalue weighted by Gasteiger charge is -2.26. The van der Waals surface area contributed by atoms with Crippen LogP contribution in [0.25, 0.3) is 10.2 Å². The number of anilines is 1. The van der Waals surface area contributed by atoms with Gasteiger partial charge in [0.15, 0.2) is 5.13 Å². The number of amides is 3. The molecule has 0 bridgehead atoms. The van der Waals surface area contributed by atoms with Gasteiger partial charge in [0.05, 0.1) is 22.1 Å². The van der Waals surface area contributed by atoms with Gasteiger partial charge in [-0.15, -0.1) is 0 Å². The lowest BCUT2D eigenvalue weighted by Crippen LogP contribution is -2.48. The SMILES string of the molecule is Cc1cccc2sc(NC(=O)[C@H](CC(C)C)N3C(=O)[C@@H]4CC=CC[C@H]4C3=O)nc12. The highest BCUT2D eigenvalue weighted by atomic mass is 32.1. The number of carbonyl (C=O) groups is 3. The number of likely N-dealkylation sites (tertiary alicyclic amines) is 1. The Morgan fingerprint density at radius 2 is 1.86 bits per heavy atom. The average Bonchev–Trinajstić information content (AvgIpc) is 3.20. The van der Waals surface area contributed by atoms with E-state index >= 15 is 0 Å². The smallest absolute Gasteiger partial charge is 0.249 e. The first-order chi connectivity index (χ1) is 13.9. The van der Waals surface area contributed by atoms with Gasteiger partial charge in [0.1, 0.15) is 6.04 Å². The molecule has 4 rings (SSSR count). The second-order valence-electron chi connectivity index (χ2n) is 8.28. The van der Waals surface area contributed by atoms with Crippen molar-refractivity contribution in [1.29, 1.82) is 0 Å². The molecule has 1 aromatic heterocycles. The maximum atomic E-state index is 13.2. The third kappa shape index (κ3) is 3.59. The summed E-state index contributed by atoms with van der Waals surface area (Å²) in [5.41, 5.74) is 1.90. The van der Waals surface area contributed by atoms with Crippen LogP contribution >= 0.6 is 11.3 Å². The van der Waals surface area contributed by atoms with E-state index < -0.39 is 6.04 Å². The van der Waals surface area contributed by atoms with Crippen LogP contribution in [-0.4, -0.2) is 33.6 Å². The normalized spacial score (nSPS) is 22.4. The van der Waals surface area contributed by atoms with Gasteiger partial charge in [0.2, 0.25) is 17.7 Å². The molecule has 29 heavy (non-hydrogen) atoms. The zero-order valence-electron chi connectivity index (χ0n) is 16.8. The number of nitrogens with zero attached hydrogens (tertiary/aromatic N) is 2. The van der Waals surface area contributed by atoms with E-state index in [4.69, 9.17) is 0 Å². The number of aromatic nitrogens is 1. The summed E-state index contributed by atoms with van der Waals surface area (Å²) < 4.78 is 0.992. The number of hydrogen-bond donors (Lipinski definition) is 1. The van der Waals surface area contributed by atoms with Crippen LogP contribution in [0.3, 0.4) is 0 Å². The molecule has 7 heteroatoms. The quantitative estimate of drug-likeness (QED) is 0.598. The zero-order valence-corrected chi connectivity index (χ0v) is 17.7. The summed E-state index contributed by atoms with van der Waals surface area (Å²) in [6, 6.07) is 5.09. The molecule has 2 aliphatic rings. The van der Waals surface area contributed by atoms with Crippen LogP contribution in [0.15, 0.2) is 30.4 Å². The van der Waals surface area contributed by atoms with Crippen molar-refractivity contribution in [3.05, 3.63) is 35.9 Å². The Kier molecular flexibility index (Phi) is 5.25. The van der Waals surface area contributed by atoms with Crippen molar-refractivity contribution >= 4 is 44.4 Å². The summed E-state index contributed by atoms with van der Waals surface area (Å²) in [7, 11) is 0. The molecule has 152 valence electrons. The van der Waals surface area contributed by atoms with E-state index in [1.54, 1.807) is 0 Å². The molecule has 6 nitrogen and oxygen atoms in total. The molecule has 1 saturated heterocycles. The number of aryl methyl sites for hydroxylation is 1. The van der Waals surface area contributed by atoms with Crippen LogP contribution in [0, 0.1) is 24.7 Å². The van der Waals surface area contributed by atoms with Crippen LogP contribution in [0.4, 0.5) is 5.13 Å². The number of carbonyl (C=O) groups excluding carboxylic acids is 3. The summed E-state index contributed by atoms with van der Waals surface area (Å²) in [6.07, 6.45) is 5.48. The predicted octanol–water partition coefficient (Wildman–Crippen LogP) is 3.91. The summed E-state index contributed by atoms with van der Waals surface area (Å²) >= 11 is 1.40. The number of hydrogen-bond acceptors (Lipinski definition) is 5. The fraction of sp³-hybridized carbons (Fsp3) is 0.455. The van der Waals surface area contributed by atoms with Gasteiger partial charge in [-0.1, -0.05) is 49.5 Å². The Balaban J connectivity index is 1.60. The Morgan fingerprint density at radius 1 is 1.21 bits per heavy atom. The molecular formula is C22H25N3O3S. The minimum atomic E-state index is -0.811. The number of nitrogens with one attached hydrogen (secondary N) is 1. The van der Waals surface area contributed by atoms with E-state index in [1.807, 2.05) is 51.1 Å². The van der Waals surface area contributed by atoms with Crippen LogP contribution in [-0.2, 0) is 14.4 Å². The van der Waals surface area contributed by atoms with Crippen molar-refractivity contribution in [2.75, 3.05) is 5.32 Å². The standard InChI is InChI=1S/C22H25N3O3S/c1-12(2)11-16(25-20(27)14-8-4-5-9-15(14)21(25)28)19(26)24-22-23-18-13(3)7-6-10-17(18)29-22/h4-7,10,12,14-16H,8-9,11H2,1-3H3,(H,23,24,26)/t14-,15-,16+/m1/s1. The molecule has 1 aromatic carbocycles. The second-order valence-corrected chi connectivity index (χ2v) is 9.31. The molecular weight excluding hydrogens is 386 g/mol. The van der Waals surface area contributed by atoms with Gasteiger partial charge in [0, 0.05) is 0 Å². The van der Waals surface area contributed by atoms with Crippen molar-refractivity contribution < 1.29 is 14.4 Å². The molecule has 3 atom stereocenters. The third-order valence-electron chi connectivity index (χ3n) is 5.70. The lowest BCUT2D eigenvalue weighted by atomic mass is 9.85. The average molecular weight is 412 g/mol. The topological polar surface area (TPSA) is 79.4 Å². The Morgan fingerprint density at radius 3 is 2.45 bits per heavy atom. The summed E-state index contributed by atoms with van der Waals surface area (Å²) in [5.74, 6) is -1.29. The lowest BCUT2D eigenvalue weighted by molar-refractivity contribution is -0.147. The van der Waals surface area contributed by atoms with Gasteiger partial charge in [-0.25, -0.2) is 4.98 Å². The molecule has 1 aliphatic carbocycles. The zero-order chi connectivity index (χ0) is 20.7. The number of fused-ring (bicyclic) bond motifs is 2. The van der Waals surface area contributed by atoms with E-state index in [2.05, 4.69) is 10.3 Å². The van der Waals surface area contributed by atoms with Crippen LogP contribution in [0.5, 0.6) is 0 Å². The van der Waals surface area contributed by atoms with Crippen LogP contribution < -0.4 is 5.32 Å². The number of thiazole rings is 1. The van der Waals surface area contributed by atoms with Crippen molar-refractivity contribution in [1.82, 2.24) is 9.88 Å². The Bertz CT molecular complexity index is 984. The summed E-state index contributed by atoms with van der Waals surface area (Å²) in [6.45, 7) is 5.95. The molecule has 0 radical (unpaired) electrons. The molecule has 0 unspecified atom stereocenters. The van der Waals surface area contributed by atoms with Crippen molar-refractivity contribution in [3.8, 4) is 0 Å². The first kappa shape index (κ1) is 19.8. The van der Waals surface area contributed by atoms with Crippen LogP contribution in [0.2, 0.25) is 0 Å². The fourth-order valence-electron chi connectivity index (χ4n) is 4.24. The van der Waals surface area contributed by atoms with Crippen LogP contribution in [0.1, 0.15) is 38.7 Å². The Hall–Kier alpha value is -2.54. The van der Waals surface area contributed by atoms with E-state index in [0.717, 1.165) is 15.8 Å². The number of rotatable bonds is 5.